The zero-order valence-corrected chi connectivity index (χ0v) is 15.9. The fraction of sp³-hybridized carbons (Fsp3) is 0.300. The van der Waals surface area contributed by atoms with Gasteiger partial charge in [0.05, 0.1) is 17.0 Å². The molecule has 0 fully saturated rings. The second kappa shape index (κ2) is 7.92. The number of nitrogens with one attached hydrogen (secondary N) is 1. The van der Waals surface area contributed by atoms with Crippen LogP contribution in [-0.4, -0.2) is 31.4 Å². The largest absolute Gasteiger partial charge is 0.348 e. The Morgan fingerprint density at radius 3 is 2.81 bits per heavy atom. The number of hydrogen-bond donors (Lipinski definition) is 1. The smallest absolute Gasteiger partial charge is 0.233 e. The molecular formula is C20H21N5OS. The predicted molar refractivity (Wildman–Crippen MR) is 105 cm³/mol. The summed E-state index contributed by atoms with van der Waals surface area (Å²) < 4.78 is 1.66. The monoisotopic (exact) mass is 379 g/mol. The minimum Gasteiger partial charge on any atom is -0.348 e. The molecule has 0 bridgehead atoms. The van der Waals surface area contributed by atoms with Crippen LogP contribution in [0.25, 0.3) is 5.69 Å². The van der Waals surface area contributed by atoms with Gasteiger partial charge in [0.15, 0.2) is 0 Å². The molecule has 1 aromatic heterocycles. The van der Waals surface area contributed by atoms with Crippen molar-refractivity contribution in [3.8, 4) is 5.69 Å². The van der Waals surface area contributed by atoms with E-state index >= 15 is 0 Å². The number of tetrazole rings is 1. The van der Waals surface area contributed by atoms with Gasteiger partial charge in [0.1, 0.15) is 0 Å². The Bertz CT molecular complexity index is 927. The van der Waals surface area contributed by atoms with E-state index in [1.807, 2.05) is 43.3 Å². The molecule has 0 aliphatic heterocycles. The summed E-state index contributed by atoms with van der Waals surface area (Å²) in [5.41, 5.74) is 3.45. The highest BCUT2D eigenvalue weighted by Crippen LogP contribution is 2.30. The SMILES string of the molecule is C[C@H](Sc1nnnn1-c1ccccc1)C(=O)N[C@@H]1CCCc2ccccc21. The van der Waals surface area contributed by atoms with Gasteiger partial charge >= 0.3 is 0 Å². The lowest BCUT2D eigenvalue weighted by Crippen LogP contribution is -2.36. The van der Waals surface area contributed by atoms with Gasteiger partial charge in [-0.2, -0.15) is 4.68 Å². The number of carbonyl (C=O) groups is 1. The molecule has 1 N–H and O–H groups in total. The zero-order chi connectivity index (χ0) is 18.6. The van der Waals surface area contributed by atoms with E-state index in [-0.39, 0.29) is 17.2 Å². The standard InChI is InChI=1S/C20H21N5OS/c1-14(27-20-22-23-24-25(20)16-10-3-2-4-11-16)19(26)21-18-13-7-9-15-8-5-6-12-17(15)18/h2-6,8,10-12,14,18H,7,9,13H2,1H3,(H,21,26)/t14-,18+/m0/s1. The minimum absolute atomic E-state index is 0.00400. The number of benzene rings is 2. The fourth-order valence-corrected chi connectivity index (χ4v) is 4.20. The lowest BCUT2D eigenvalue weighted by Gasteiger charge is -2.27. The topological polar surface area (TPSA) is 72.7 Å². The van der Waals surface area contributed by atoms with Crippen LogP contribution in [0.4, 0.5) is 0 Å². The maximum atomic E-state index is 12.8. The molecule has 7 heteroatoms. The van der Waals surface area contributed by atoms with Crippen molar-refractivity contribution in [3.05, 3.63) is 65.7 Å². The summed E-state index contributed by atoms with van der Waals surface area (Å²) in [6.07, 6.45) is 3.15. The van der Waals surface area contributed by atoms with Gasteiger partial charge in [-0.05, 0) is 59.9 Å². The van der Waals surface area contributed by atoms with E-state index in [0.29, 0.717) is 5.16 Å². The number of fused-ring (bicyclic) bond motifs is 1. The maximum absolute atomic E-state index is 12.8. The summed E-state index contributed by atoms with van der Waals surface area (Å²) in [7, 11) is 0. The molecule has 138 valence electrons. The van der Waals surface area contributed by atoms with E-state index in [0.717, 1.165) is 24.9 Å². The second-order valence-corrected chi connectivity index (χ2v) is 7.93. The Kier molecular flexibility index (Phi) is 5.20. The number of hydrogen-bond acceptors (Lipinski definition) is 5. The van der Waals surface area contributed by atoms with E-state index in [2.05, 4.69) is 39.0 Å². The van der Waals surface area contributed by atoms with Crippen molar-refractivity contribution in [1.29, 1.82) is 0 Å². The van der Waals surface area contributed by atoms with E-state index in [1.54, 1.807) is 4.68 Å². The van der Waals surface area contributed by atoms with Gasteiger partial charge in [0.2, 0.25) is 11.1 Å². The zero-order valence-electron chi connectivity index (χ0n) is 15.1. The van der Waals surface area contributed by atoms with Gasteiger partial charge in [-0.1, -0.05) is 54.2 Å². The van der Waals surface area contributed by atoms with Crippen LogP contribution in [0.15, 0.2) is 59.8 Å². The average molecular weight is 379 g/mol. The number of thioether (sulfide) groups is 1. The fourth-order valence-electron chi connectivity index (χ4n) is 3.39. The molecule has 0 spiro atoms. The number of amides is 1. The molecule has 2 aromatic carbocycles. The van der Waals surface area contributed by atoms with Gasteiger partial charge in [-0.3, -0.25) is 4.79 Å². The first-order valence-corrected chi connectivity index (χ1v) is 9.99. The molecule has 1 aliphatic rings. The quantitative estimate of drug-likeness (QED) is 0.689. The summed E-state index contributed by atoms with van der Waals surface area (Å²) in [5.74, 6) is 0.00400. The number of rotatable bonds is 5. The van der Waals surface area contributed by atoms with Crippen molar-refractivity contribution in [3.63, 3.8) is 0 Å². The molecule has 2 atom stereocenters. The van der Waals surface area contributed by atoms with Crippen molar-refractivity contribution in [2.75, 3.05) is 0 Å². The van der Waals surface area contributed by atoms with Crippen molar-refractivity contribution in [1.82, 2.24) is 25.5 Å². The molecule has 0 saturated heterocycles. The van der Waals surface area contributed by atoms with Gasteiger partial charge < -0.3 is 5.32 Å². The maximum Gasteiger partial charge on any atom is 0.233 e. The summed E-state index contributed by atoms with van der Waals surface area (Å²) in [4.78, 5) is 12.8. The summed E-state index contributed by atoms with van der Waals surface area (Å²) in [5, 5.41) is 15.4. The van der Waals surface area contributed by atoms with E-state index < -0.39 is 0 Å². The Balaban J connectivity index is 1.45. The Hall–Kier alpha value is -2.67. The van der Waals surface area contributed by atoms with Crippen molar-refractivity contribution in [2.45, 2.75) is 42.6 Å². The lowest BCUT2D eigenvalue weighted by molar-refractivity contribution is -0.121. The first-order valence-electron chi connectivity index (χ1n) is 9.11. The molecule has 6 nitrogen and oxygen atoms in total. The summed E-state index contributed by atoms with van der Waals surface area (Å²) >= 11 is 1.36. The number of aryl methyl sites for hydroxylation is 1. The molecule has 1 heterocycles. The Morgan fingerprint density at radius 1 is 1.19 bits per heavy atom. The molecule has 4 rings (SSSR count). The summed E-state index contributed by atoms with van der Waals surface area (Å²) in [6.45, 7) is 1.89. The van der Waals surface area contributed by atoms with Crippen molar-refractivity contribution in [2.24, 2.45) is 0 Å². The third kappa shape index (κ3) is 3.88. The second-order valence-electron chi connectivity index (χ2n) is 6.62. The molecule has 0 saturated carbocycles. The van der Waals surface area contributed by atoms with Crippen LogP contribution in [0.3, 0.4) is 0 Å². The Morgan fingerprint density at radius 2 is 1.96 bits per heavy atom. The van der Waals surface area contributed by atoms with E-state index in [4.69, 9.17) is 0 Å². The third-order valence-electron chi connectivity index (χ3n) is 4.78. The molecule has 3 aromatic rings. The molecular weight excluding hydrogens is 358 g/mol. The van der Waals surface area contributed by atoms with Crippen molar-refractivity contribution >= 4 is 17.7 Å². The predicted octanol–water partition coefficient (Wildman–Crippen LogP) is 3.34. The van der Waals surface area contributed by atoms with E-state index in [1.165, 1.54) is 22.9 Å². The first-order chi connectivity index (χ1) is 13.2. The van der Waals surface area contributed by atoms with Crippen LogP contribution in [0.5, 0.6) is 0 Å². The highest BCUT2D eigenvalue weighted by Gasteiger charge is 2.25. The van der Waals surface area contributed by atoms with Crippen LogP contribution in [0.1, 0.15) is 36.9 Å². The van der Waals surface area contributed by atoms with E-state index in [9.17, 15) is 4.79 Å². The van der Waals surface area contributed by atoms with Gasteiger partial charge in [-0.25, -0.2) is 0 Å². The summed E-state index contributed by atoms with van der Waals surface area (Å²) in [6, 6.07) is 18.1. The van der Waals surface area contributed by atoms with Gasteiger partial charge in [-0.15, -0.1) is 5.10 Å². The molecule has 1 aliphatic carbocycles. The normalized spacial score (nSPS) is 17.1. The van der Waals surface area contributed by atoms with Gasteiger partial charge in [0, 0.05) is 0 Å². The number of aromatic nitrogens is 4. The van der Waals surface area contributed by atoms with Crippen LogP contribution in [-0.2, 0) is 11.2 Å². The highest BCUT2D eigenvalue weighted by atomic mass is 32.2. The van der Waals surface area contributed by atoms with Crippen LogP contribution in [0, 0.1) is 0 Å². The number of nitrogens with zero attached hydrogens (tertiary/aromatic N) is 4. The molecule has 1 amide bonds. The third-order valence-corrected chi connectivity index (χ3v) is 5.81. The lowest BCUT2D eigenvalue weighted by atomic mass is 9.88. The molecule has 0 radical (unpaired) electrons. The highest BCUT2D eigenvalue weighted by molar-refractivity contribution is 8.00. The Labute approximate surface area is 162 Å². The van der Waals surface area contributed by atoms with Crippen molar-refractivity contribution < 1.29 is 4.79 Å². The number of para-hydroxylation sites is 1. The minimum atomic E-state index is -0.299. The molecule has 0 unspecified atom stereocenters. The molecule has 27 heavy (non-hydrogen) atoms. The first kappa shape index (κ1) is 17.7. The average Bonchev–Trinajstić information content (AvgIpc) is 3.17. The van der Waals surface area contributed by atoms with Crippen LogP contribution >= 0.6 is 11.8 Å². The van der Waals surface area contributed by atoms with Crippen LogP contribution in [0.2, 0.25) is 0 Å². The van der Waals surface area contributed by atoms with Gasteiger partial charge in [0.25, 0.3) is 0 Å². The number of carbonyl (C=O) groups excluding carboxylic acids is 1. The van der Waals surface area contributed by atoms with Crippen LogP contribution < -0.4 is 5.32 Å².